The van der Waals surface area contributed by atoms with E-state index in [1.807, 2.05) is 6.92 Å². The molecule has 0 N–H and O–H groups in total. The Kier molecular flexibility index (Phi) is 44.9. The molecule has 0 saturated heterocycles. The van der Waals surface area contributed by atoms with Crippen LogP contribution in [0.25, 0.3) is 0 Å². The largest absolute Gasteiger partial charge is 2.00 e. The second-order valence-corrected chi connectivity index (χ2v) is 5.49. The average molecular weight is 1000 g/mol. The molecular formula is C16H31N3W4. The fourth-order valence-electron chi connectivity index (χ4n) is 1.10. The van der Waals surface area contributed by atoms with Gasteiger partial charge in [0.1, 0.15) is 0 Å². The minimum absolute atomic E-state index is 0. The van der Waals surface area contributed by atoms with Crippen molar-refractivity contribution < 1.29 is 84.3 Å². The van der Waals surface area contributed by atoms with Gasteiger partial charge in [-0.2, -0.15) is 17.9 Å². The van der Waals surface area contributed by atoms with Crippen LogP contribution in [0.1, 0.15) is 59.1 Å². The number of nitrogens with zero attached hydrogens (tertiary/aromatic N) is 3. The molecule has 1 aromatic heterocycles. The molecule has 134 valence electrons. The van der Waals surface area contributed by atoms with E-state index >= 15 is 0 Å². The Bertz CT molecular complexity index is 300. The van der Waals surface area contributed by atoms with Crippen LogP contribution >= 0.6 is 0 Å². The third-order valence-corrected chi connectivity index (χ3v) is 1.99. The molecule has 1 aromatic rings. The van der Waals surface area contributed by atoms with E-state index in [1.165, 1.54) is 12.8 Å². The molecule has 0 amide bonds. The molecule has 23 heavy (non-hydrogen) atoms. The monoisotopic (exact) mass is 1000 g/mol. The van der Waals surface area contributed by atoms with Crippen molar-refractivity contribution in [3.8, 4) is 0 Å². The van der Waals surface area contributed by atoms with Gasteiger partial charge in [-0.05, 0) is 5.41 Å². The van der Waals surface area contributed by atoms with E-state index in [0.717, 1.165) is 12.8 Å². The van der Waals surface area contributed by atoms with Gasteiger partial charge in [-0.25, -0.2) is 6.92 Å². The van der Waals surface area contributed by atoms with Crippen LogP contribution in [0.15, 0.2) is 6.20 Å². The predicted molar refractivity (Wildman–Crippen MR) is 84.1 cm³/mol. The van der Waals surface area contributed by atoms with Crippen LogP contribution in [0.3, 0.4) is 0 Å². The Morgan fingerprint density at radius 1 is 1.09 bits per heavy atom. The molecule has 0 unspecified atom stereocenters. The maximum atomic E-state index is 3.79. The molecule has 1 rings (SSSR count). The van der Waals surface area contributed by atoms with Gasteiger partial charge in [0.05, 0.1) is 0 Å². The van der Waals surface area contributed by atoms with Crippen LogP contribution in [0.5, 0.6) is 0 Å². The Balaban J connectivity index is -0.0000000467. The van der Waals surface area contributed by atoms with Gasteiger partial charge in [0.15, 0.2) is 0 Å². The number of rotatable bonds is 3. The molecule has 0 aliphatic heterocycles. The van der Waals surface area contributed by atoms with E-state index in [2.05, 4.69) is 58.8 Å². The van der Waals surface area contributed by atoms with Crippen LogP contribution in [-0.4, -0.2) is 15.0 Å². The summed E-state index contributed by atoms with van der Waals surface area (Å²) in [5.74, 6) is 0. The van der Waals surface area contributed by atoms with Crippen molar-refractivity contribution in [3.05, 3.63) is 39.6 Å². The first-order chi connectivity index (χ1) is 8.80. The molecule has 0 aromatic carbocycles. The maximum Gasteiger partial charge on any atom is 2.00 e. The quantitative estimate of drug-likeness (QED) is 0.417. The summed E-state index contributed by atoms with van der Waals surface area (Å²) in [6.45, 7) is 23.9. The summed E-state index contributed by atoms with van der Waals surface area (Å²) in [4.78, 5) is 0. The molecule has 0 spiro atoms. The Morgan fingerprint density at radius 2 is 1.52 bits per heavy atom. The number of aromatic nitrogens is 3. The topological polar surface area (TPSA) is 30.7 Å². The normalized spacial score (nSPS) is 8.30. The summed E-state index contributed by atoms with van der Waals surface area (Å²) in [6, 6.07) is 0. The van der Waals surface area contributed by atoms with Gasteiger partial charge in [0.25, 0.3) is 0 Å². The Hall–Kier alpha value is 1.76. The van der Waals surface area contributed by atoms with Gasteiger partial charge in [-0.15, -0.1) is 6.54 Å². The van der Waals surface area contributed by atoms with E-state index in [0.29, 0.717) is 17.7 Å². The minimum atomic E-state index is 0. The molecule has 3 nitrogen and oxygen atoms in total. The van der Waals surface area contributed by atoms with Crippen molar-refractivity contribution in [1.82, 2.24) is 15.0 Å². The molecule has 0 saturated carbocycles. The zero-order valence-corrected chi connectivity index (χ0v) is 26.6. The first-order valence-corrected chi connectivity index (χ1v) is 6.90. The van der Waals surface area contributed by atoms with E-state index in [-0.39, 0.29) is 84.3 Å². The first kappa shape index (κ1) is 39.7. The average Bonchev–Trinajstić information content (AvgIpc) is 2.73. The minimum Gasteiger partial charge on any atom is -0.360 e. The van der Waals surface area contributed by atoms with Crippen LogP contribution in [0, 0.1) is 33.1 Å². The summed E-state index contributed by atoms with van der Waals surface area (Å²) < 4.78 is 1.63. The second kappa shape index (κ2) is 26.0. The van der Waals surface area contributed by atoms with E-state index < -0.39 is 0 Å². The SMILES string of the molecule is [CH2-]CC.[CH2-]CCCC(C)(C)C.[CH2-]Cn1cc([CH2-])nn1.[W+2].[W+2].[W].[W]. The van der Waals surface area contributed by atoms with Gasteiger partial charge in [0.2, 0.25) is 0 Å². The van der Waals surface area contributed by atoms with Gasteiger partial charge >= 0.3 is 42.1 Å². The summed E-state index contributed by atoms with van der Waals surface area (Å²) >= 11 is 0. The zero-order chi connectivity index (χ0) is 15.3. The van der Waals surface area contributed by atoms with Crippen LogP contribution in [-0.2, 0) is 90.8 Å². The fraction of sp³-hybridized carbons (Fsp3) is 0.625. The first-order valence-electron chi connectivity index (χ1n) is 6.90. The van der Waals surface area contributed by atoms with Crippen LogP contribution < -0.4 is 0 Å². The molecule has 1 heterocycles. The Morgan fingerprint density at radius 3 is 1.65 bits per heavy atom. The second-order valence-electron chi connectivity index (χ2n) is 5.49. The molecule has 0 atom stereocenters. The standard InChI is InChI=1S/C8H17.C5H7N3.C3H7.4W/c1-5-6-7-8(2,3)4;1-3-8-4-5(2)6-7-8;1-3-2;;;;/h1,5-7H2,2-4H3;4H,1-3H2;1,3H2,2H3;;;;/q-1;-2;-1;;;2*+2. The van der Waals surface area contributed by atoms with Crippen molar-refractivity contribution in [3.63, 3.8) is 0 Å². The van der Waals surface area contributed by atoms with Crippen LogP contribution in [0.2, 0.25) is 0 Å². The van der Waals surface area contributed by atoms with Gasteiger partial charge in [-0.1, -0.05) is 57.6 Å². The smallest absolute Gasteiger partial charge is 0.360 e. The summed E-state index contributed by atoms with van der Waals surface area (Å²) in [5, 5.41) is 7.33. The Labute approximate surface area is 202 Å². The molecule has 0 aliphatic rings. The van der Waals surface area contributed by atoms with Crippen molar-refractivity contribution >= 4 is 0 Å². The molecule has 0 bridgehead atoms. The molecular weight excluding hydrogens is 970 g/mol. The van der Waals surface area contributed by atoms with E-state index in [4.69, 9.17) is 0 Å². The number of unbranched alkanes of at least 4 members (excludes halogenated alkanes) is 1. The van der Waals surface area contributed by atoms with Crippen molar-refractivity contribution in [2.24, 2.45) is 5.41 Å². The number of hydrogen-bond donors (Lipinski definition) is 0. The fourth-order valence-corrected chi connectivity index (χ4v) is 1.10. The van der Waals surface area contributed by atoms with Gasteiger partial charge in [-0.3, -0.25) is 0 Å². The van der Waals surface area contributed by atoms with Gasteiger partial charge in [0, 0.05) is 42.1 Å². The van der Waals surface area contributed by atoms with E-state index in [9.17, 15) is 0 Å². The summed E-state index contributed by atoms with van der Waals surface area (Å²) in [6.07, 6.45) is 6.39. The van der Waals surface area contributed by atoms with Crippen molar-refractivity contribution in [1.29, 1.82) is 0 Å². The molecule has 0 radical (unpaired) electrons. The van der Waals surface area contributed by atoms with E-state index in [1.54, 1.807) is 10.9 Å². The zero-order valence-electron chi connectivity index (χ0n) is 14.9. The maximum absolute atomic E-state index is 3.79. The van der Waals surface area contributed by atoms with Gasteiger partial charge < -0.3 is 25.5 Å². The third-order valence-electron chi connectivity index (χ3n) is 1.99. The summed E-state index contributed by atoms with van der Waals surface area (Å²) in [5.41, 5.74) is 1.20. The van der Waals surface area contributed by atoms with Crippen molar-refractivity contribution in [2.45, 2.75) is 59.9 Å². The predicted octanol–water partition coefficient (Wildman–Crippen LogP) is 4.55. The summed E-state index contributed by atoms with van der Waals surface area (Å²) in [7, 11) is 0. The molecule has 0 aliphatic carbocycles. The molecule has 0 fully saturated rings. The molecule has 7 heteroatoms. The van der Waals surface area contributed by atoms with Crippen molar-refractivity contribution in [2.75, 3.05) is 0 Å². The van der Waals surface area contributed by atoms with Crippen LogP contribution in [0.4, 0.5) is 0 Å². The number of hydrogen-bond acceptors (Lipinski definition) is 2. The third kappa shape index (κ3) is 35.7.